The molecule has 2 nitrogen and oxygen atoms in total. The summed E-state index contributed by atoms with van der Waals surface area (Å²) in [5.74, 6) is -0.360. The number of nitrogens with zero attached hydrogens (tertiary/aromatic N) is 1. The highest BCUT2D eigenvalue weighted by Gasteiger charge is 2.38. The van der Waals surface area contributed by atoms with Crippen LogP contribution in [0.1, 0.15) is 55.3 Å². The van der Waals surface area contributed by atoms with E-state index in [4.69, 9.17) is 0 Å². The highest BCUT2D eigenvalue weighted by Crippen LogP contribution is 2.35. The predicted molar refractivity (Wildman–Crippen MR) is 80.2 cm³/mol. The van der Waals surface area contributed by atoms with Gasteiger partial charge in [0.15, 0.2) is 0 Å². The fourth-order valence-corrected chi connectivity index (χ4v) is 3.56. The number of rotatable bonds is 3. The van der Waals surface area contributed by atoms with Crippen molar-refractivity contribution in [1.82, 2.24) is 4.90 Å². The van der Waals surface area contributed by atoms with Crippen LogP contribution in [0.3, 0.4) is 0 Å². The Bertz CT molecular complexity index is 509. The van der Waals surface area contributed by atoms with Crippen molar-refractivity contribution in [1.29, 1.82) is 0 Å². The van der Waals surface area contributed by atoms with Crippen molar-refractivity contribution in [2.24, 2.45) is 0 Å². The standard InChI is InChI=1S/C16H19BrFNO/c17-15-9-6-11(18)10-14(15)16(20)19(13-7-8-13)12-4-2-1-3-5-12/h6,9-10,12-13H,1-5,7-8H2. The van der Waals surface area contributed by atoms with E-state index < -0.39 is 0 Å². The summed E-state index contributed by atoms with van der Waals surface area (Å²) in [5, 5.41) is 0. The van der Waals surface area contributed by atoms with E-state index >= 15 is 0 Å². The number of amides is 1. The first-order chi connectivity index (χ1) is 9.66. The van der Waals surface area contributed by atoms with Crippen molar-refractivity contribution in [3.05, 3.63) is 34.1 Å². The van der Waals surface area contributed by atoms with Gasteiger partial charge in [-0.3, -0.25) is 4.79 Å². The van der Waals surface area contributed by atoms with Gasteiger partial charge in [-0.1, -0.05) is 19.3 Å². The van der Waals surface area contributed by atoms with Gasteiger partial charge >= 0.3 is 0 Å². The molecule has 0 radical (unpaired) electrons. The minimum Gasteiger partial charge on any atom is -0.333 e. The Morgan fingerprint density at radius 3 is 2.40 bits per heavy atom. The molecule has 0 bridgehead atoms. The summed E-state index contributed by atoms with van der Waals surface area (Å²) in [7, 11) is 0. The second-order valence-electron chi connectivity index (χ2n) is 5.86. The number of hydrogen-bond donors (Lipinski definition) is 0. The first kappa shape index (κ1) is 14.1. The lowest BCUT2D eigenvalue weighted by atomic mass is 9.93. The third-order valence-corrected chi connectivity index (χ3v) is 4.99. The summed E-state index contributed by atoms with van der Waals surface area (Å²) in [5.41, 5.74) is 0.461. The molecule has 1 aromatic carbocycles. The Morgan fingerprint density at radius 1 is 1.10 bits per heavy atom. The minimum absolute atomic E-state index is 0.00854. The summed E-state index contributed by atoms with van der Waals surface area (Å²) in [6, 6.07) is 5.07. The number of halogens is 2. The first-order valence-electron chi connectivity index (χ1n) is 7.44. The van der Waals surface area contributed by atoms with Crippen molar-refractivity contribution >= 4 is 21.8 Å². The summed E-state index contributed by atoms with van der Waals surface area (Å²) in [6.07, 6.45) is 8.04. The number of hydrogen-bond acceptors (Lipinski definition) is 1. The van der Waals surface area contributed by atoms with Crippen LogP contribution in [-0.4, -0.2) is 22.9 Å². The van der Waals surface area contributed by atoms with Crippen LogP contribution in [-0.2, 0) is 0 Å². The smallest absolute Gasteiger partial charge is 0.255 e. The van der Waals surface area contributed by atoms with E-state index in [9.17, 15) is 9.18 Å². The molecule has 0 unspecified atom stereocenters. The van der Waals surface area contributed by atoms with E-state index in [2.05, 4.69) is 15.9 Å². The van der Waals surface area contributed by atoms with Crippen LogP contribution in [0.5, 0.6) is 0 Å². The summed E-state index contributed by atoms with van der Waals surface area (Å²) >= 11 is 3.38. The van der Waals surface area contributed by atoms with Crippen LogP contribution in [0, 0.1) is 5.82 Å². The van der Waals surface area contributed by atoms with E-state index in [1.807, 2.05) is 4.90 Å². The zero-order valence-electron chi connectivity index (χ0n) is 11.4. The van der Waals surface area contributed by atoms with Crippen LogP contribution in [0.15, 0.2) is 22.7 Å². The van der Waals surface area contributed by atoms with Crippen LogP contribution in [0.25, 0.3) is 0 Å². The van der Waals surface area contributed by atoms with Gasteiger partial charge in [-0.15, -0.1) is 0 Å². The number of carbonyl (C=O) groups excluding carboxylic acids is 1. The van der Waals surface area contributed by atoms with Crippen LogP contribution in [0.4, 0.5) is 4.39 Å². The molecule has 0 atom stereocenters. The molecular formula is C16H19BrFNO. The molecule has 2 aliphatic rings. The van der Waals surface area contributed by atoms with E-state index in [-0.39, 0.29) is 11.7 Å². The van der Waals surface area contributed by atoms with Crippen molar-refractivity contribution < 1.29 is 9.18 Å². The molecule has 20 heavy (non-hydrogen) atoms. The van der Waals surface area contributed by atoms with Gasteiger partial charge < -0.3 is 4.90 Å². The Morgan fingerprint density at radius 2 is 1.75 bits per heavy atom. The van der Waals surface area contributed by atoms with Crippen molar-refractivity contribution in [2.45, 2.75) is 57.0 Å². The predicted octanol–water partition coefficient (Wildman–Crippen LogP) is 4.53. The second-order valence-corrected chi connectivity index (χ2v) is 6.71. The van der Waals surface area contributed by atoms with Gasteiger partial charge in [-0.2, -0.15) is 0 Å². The molecular weight excluding hydrogens is 321 g/mol. The van der Waals surface area contributed by atoms with Gasteiger partial charge in [0, 0.05) is 16.6 Å². The fourth-order valence-electron chi connectivity index (χ4n) is 3.14. The maximum absolute atomic E-state index is 13.4. The quantitative estimate of drug-likeness (QED) is 0.792. The van der Waals surface area contributed by atoms with Gasteiger partial charge in [-0.05, 0) is 59.8 Å². The molecule has 0 spiro atoms. The van der Waals surface area contributed by atoms with Gasteiger partial charge in [0.05, 0.1) is 5.56 Å². The highest BCUT2D eigenvalue weighted by molar-refractivity contribution is 9.10. The Balaban J connectivity index is 1.86. The molecule has 4 heteroatoms. The minimum atomic E-state index is -0.351. The lowest BCUT2D eigenvalue weighted by Gasteiger charge is -2.35. The Kier molecular flexibility index (Phi) is 4.11. The third-order valence-electron chi connectivity index (χ3n) is 4.30. The van der Waals surface area contributed by atoms with E-state index in [0.717, 1.165) is 25.7 Å². The van der Waals surface area contributed by atoms with Crippen molar-refractivity contribution in [3.63, 3.8) is 0 Å². The van der Waals surface area contributed by atoms with Crippen LogP contribution >= 0.6 is 15.9 Å². The molecule has 1 aromatic rings. The van der Waals surface area contributed by atoms with E-state index in [1.165, 1.54) is 31.4 Å². The lowest BCUT2D eigenvalue weighted by molar-refractivity contribution is 0.0612. The monoisotopic (exact) mass is 339 g/mol. The number of carbonyl (C=O) groups is 1. The molecule has 0 heterocycles. The van der Waals surface area contributed by atoms with Gasteiger partial charge in [-0.25, -0.2) is 4.39 Å². The first-order valence-corrected chi connectivity index (χ1v) is 8.24. The molecule has 0 saturated heterocycles. The maximum Gasteiger partial charge on any atom is 0.255 e. The molecule has 3 rings (SSSR count). The molecule has 0 N–H and O–H groups in total. The van der Waals surface area contributed by atoms with Crippen LogP contribution in [0.2, 0.25) is 0 Å². The Labute approximate surface area is 127 Å². The molecule has 0 aliphatic heterocycles. The maximum atomic E-state index is 13.4. The molecule has 2 fully saturated rings. The third kappa shape index (κ3) is 2.90. The van der Waals surface area contributed by atoms with Gasteiger partial charge in [0.2, 0.25) is 0 Å². The molecule has 2 saturated carbocycles. The van der Waals surface area contributed by atoms with Gasteiger partial charge in [0.1, 0.15) is 5.82 Å². The number of benzene rings is 1. The molecule has 2 aliphatic carbocycles. The largest absolute Gasteiger partial charge is 0.333 e. The molecule has 108 valence electrons. The van der Waals surface area contributed by atoms with Crippen LogP contribution < -0.4 is 0 Å². The topological polar surface area (TPSA) is 20.3 Å². The highest BCUT2D eigenvalue weighted by atomic mass is 79.9. The van der Waals surface area contributed by atoms with E-state index in [0.29, 0.717) is 22.1 Å². The summed E-state index contributed by atoms with van der Waals surface area (Å²) in [4.78, 5) is 14.9. The Hall–Kier alpha value is -0.900. The zero-order valence-corrected chi connectivity index (χ0v) is 13.0. The second kappa shape index (κ2) is 5.84. The summed E-state index contributed by atoms with van der Waals surface area (Å²) < 4.78 is 14.1. The molecule has 1 amide bonds. The fraction of sp³-hybridized carbons (Fsp3) is 0.562. The van der Waals surface area contributed by atoms with Gasteiger partial charge in [0.25, 0.3) is 5.91 Å². The lowest BCUT2D eigenvalue weighted by Crippen LogP contribution is -2.43. The average molecular weight is 340 g/mol. The van der Waals surface area contributed by atoms with Crippen molar-refractivity contribution in [2.75, 3.05) is 0 Å². The van der Waals surface area contributed by atoms with E-state index in [1.54, 1.807) is 6.07 Å². The SMILES string of the molecule is O=C(c1cc(F)ccc1Br)N(C1CCCCC1)C1CC1. The normalized spacial score (nSPS) is 19.9. The summed E-state index contributed by atoms with van der Waals surface area (Å²) in [6.45, 7) is 0. The zero-order chi connectivity index (χ0) is 14.1. The average Bonchev–Trinajstić information content (AvgIpc) is 3.27. The molecule has 0 aromatic heterocycles. The van der Waals surface area contributed by atoms with Crippen molar-refractivity contribution in [3.8, 4) is 0 Å².